The van der Waals surface area contributed by atoms with Crippen molar-refractivity contribution in [1.82, 2.24) is 5.32 Å². The second-order valence-corrected chi connectivity index (χ2v) is 6.83. The smallest absolute Gasteiger partial charge is 0.287 e. The van der Waals surface area contributed by atoms with E-state index < -0.39 is 0 Å². The number of thiophene rings is 1. The number of nitrogens with one attached hydrogen (secondary N) is 1. The standard InChI is InChI=1S/C16H15NO3S2/c18-8-7-17-16(19)15-12(10-22-14-6-3-9-21-14)11-4-1-2-5-13(11)20-15/h1-6,9,18H,7-8,10H2,(H,17,19). The molecule has 6 heteroatoms. The summed E-state index contributed by atoms with van der Waals surface area (Å²) in [7, 11) is 0. The normalized spacial score (nSPS) is 11.0. The highest BCUT2D eigenvalue weighted by molar-refractivity contribution is 8.00. The Kier molecular flexibility index (Phi) is 4.82. The van der Waals surface area contributed by atoms with Crippen LogP contribution in [0, 0.1) is 0 Å². The predicted octanol–water partition coefficient (Wildman–Crippen LogP) is 3.51. The average Bonchev–Trinajstić information content (AvgIpc) is 3.17. The SMILES string of the molecule is O=C(NCCO)c1oc2ccccc2c1CSc1cccs1. The molecule has 0 saturated carbocycles. The van der Waals surface area contributed by atoms with E-state index in [9.17, 15) is 4.79 Å². The number of rotatable bonds is 6. The minimum atomic E-state index is -0.285. The first kappa shape index (κ1) is 15.1. The molecule has 0 fully saturated rings. The van der Waals surface area contributed by atoms with Crippen molar-refractivity contribution < 1.29 is 14.3 Å². The van der Waals surface area contributed by atoms with Gasteiger partial charge in [-0.05, 0) is 17.5 Å². The molecule has 22 heavy (non-hydrogen) atoms. The number of carbonyl (C=O) groups excluding carboxylic acids is 1. The molecule has 114 valence electrons. The molecule has 3 rings (SSSR count). The van der Waals surface area contributed by atoms with Crippen LogP contribution in [-0.4, -0.2) is 24.2 Å². The number of furan rings is 1. The summed E-state index contributed by atoms with van der Waals surface area (Å²) in [4.78, 5) is 12.2. The van der Waals surface area contributed by atoms with Crippen molar-refractivity contribution in [2.24, 2.45) is 0 Å². The Bertz CT molecular complexity index is 765. The lowest BCUT2D eigenvalue weighted by Crippen LogP contribution is -2.26. The number of amides is 1. The van der Waals surface area contributed by atoms with Crippen LogP contribution in [0.4, 0.5) is 0 Å². The molecular formula is C16H15NO3S2. The van der Waals surface area contributed by atoms with E-state index in [4.69, 9.17) is 9.52 Å². The topological polar surface area (TPSA) is 62.5 Å². The molecule has 1 amide bonds. The second kappa shape index (κ2) is 7.00. The molecule has 0 bridgehead atoms. The maximum absolute atomic E-state index is 12.2. The number of thioether (sulfide) groups is 1. The second-order valence-electron chi connectivity index (χ2n) is 4.61. The Morgan fingerprint density at radius 2 is 2.14 bits per heavy atom. The van der Waals surface area contributed by atoms with Crippen molar-refractivity contribution in [3.8, 4) is 0 Å². The van der Waals surface area contributed by atoms with E-state index in [1.54, 1.807) is 23.1 Å². The van der Waals surface area contributed by atoms with E-state index in [0.29, 0.717) is 17.1 Å². The number of aliphatic hydroxyl groups excluding tert-OH is 1. The molecule has 0 spiro atoms. The molecule has 0 unspecified atom stereocenters. The highest BCUT2D eigenvalue weighted by Gasteiger charge is 2.20. The molecule has 0 aliphatic carbocycles. The number of hydrogen-bond donors (Lipinski definition) is 2. The van der Waals surface area contributed by atoms with Crippen molar-refractivity contribution >= 4 is 40.0 Å². The molecule has 1 aromatic carbocycles. The lowest BCUT2D eigenvalue weighted by atomic mass is 10.1. The van der Waals surface area contributed by atoms with Crippen LogP contribution in [0.5, 0.6) is 0 Å². The zero-order valence-corrected chi connectivity index (χ0v) is 13.4. The fourth-order valence-corrected chi connectivity index (χ4v) is 3.98. The fraction of sp³-hybridized carbons (Fsp3) is 0.188. The zero-order chi connectivity index (χ0) is 15.4. The first-order valence-electron chi connectivity index (χ1n) is 6.85. The zero-order valence-electron chi connectivity index (χ0n) is 11.7. The maximum Gasteiger partial charge on any atom is 0.287 e. The van der Waals surface area contributed by atoms with E-state index in [1.165, 1.54) is 4.21 Å². The third-order valence-electron chi connectivity index (χ3n) is 3.16. The van der Waals surface area contributed by atoms with Gasteiger partial charge < -0.3 is 14.8 Å². The Labute approximate surface area is 136 Å². The molecule has 4 nitrogen and oxygen atoms in total. The highest BCUT2D eigenvalue weighted by atomic mass is 32.2. The largest absolute Gasteiger partial charge is 0.451 e. The molecule has 0 aliphatic rings. The van der Waals surface area contributed by atoms with Crippen LogP contribution in [0.15, 0.2) is 50.4 Å². The average molecular weight is 333 g/mol. The molecular weight excluding hydrogens is 318 g/mol. The number of hydrogen-bond acceptors (Lipinski definition) is 5. The quantitative estimate of drug-likeness (QED) is 0.678. The first-order chi connectivity index (χ1) is 10.8. The number of para-hydroxylation sites is 1. The monoisotopic (exact) mass is 333 g/mol. The van der Waals surface area contributed by atoms with E-state index in [-0.39, 0.29) is 19.1 Å². The van der Waals surface area contributed by atoms with Crippen LogP contribution in [0.25, 0.3) is 11.0 Å². The lowest BCUT2D eigenvalue weighted by molar-refractivity contribution is 0.0918. The van der Waals surface area contributed by atoms with Crippen LogP contribution in [-0.2, 0) is 5.75 Å². The van der Waals surface area contributed by atoms with E-state index in [2.05, 4.69) is 11.4 Å². The molecule has 3 aromatic rings. The van der Waals surface area contributed by atoms with E-state index in [1.807, 2.05) is 35.7 Å². The van der Waals surface area contributed by atoms with E-state index >= 15 is 0 Å². The van der Waals surface area contributed by atoms with Gasteiger partial charge in [-0.2, -0.15) is 0 Å². The van der Waals surface area contributed by atoms with Gasteiger partial charge in [0.05, 0.1) is 10.8 Å². The number of fused-ring (bicyclic) bond motifs is 1. The van der Waals surface area contributed by atoms with Crippen LogP contribution in [0.2, 0.25) is 0 Å². The van der Waals surface area contributed by atoms with Crippen molar-refractivity contribution in [3.05, 3.63) is 53.1 Å². The van der Waals surface area contributed by atoms with Gasteiger partial charge in [0.25, 0.3) is 5.91 Å². The van der Waals surface area contributed by atoms with Crippen molar-refractivity contribution in [3.63, 3.8) is 0 Å². The van der Waals surface area contributed by atoms with Gasteiger partial charge in [-0.1, -0.05) is 24.3 Å². The number of aliphatic hydroxyl groups is 1. The van der Waals surface area contributed by atoms with Gasteiger partial charge in [-0.3, -0.25) is 4.79 Å². The molecule has 2 aromatic heterocycles. The summed E-state index contributed by atoms with van der Waals surface area (Å²) in [6.45, 7) is 0.124. The van der Waals surface area contributed by atoms with Crippen LogP contribution in [0.3, 0.4) is 0 Å². The Hall–Kier alpha value is -1.76. The van der Waals surface area contributed by atoms with Gasteiger partial charge in [0.1, 0.15) is 5.58 Å². The van der Waals surface area contributed by atoms with Gasteiger partial charge >= 0.3 is 0 Å². The van der Waals surface area contributed by atoms with Gasteiger partial charge in [0, 0.05) is 23.2 Å². The minimum Gasteiger partial charge on any atom is -0.451 e. The molecule has 0 radical (unpaired) electrons. The van der Waals surface area contributed by atoms with Crippen LogP contribution in [0.1, 0.15) is 16.1 Å². The van der Waals surface area contributed by atoms with Crippen molar-refractivity contribution in [2.45, 2.75) is 9.96 Å². The third kappa shape index (κ3) is 3.19. The third-order valence-corrected chi connectivity index (χ3v) is 5.31. The highest BCUT2D eigenvalue weighted by Crippen LogP contribution is 2.33. The van der Waals surface area contributed by atoms with Gasteiger partial charge in [-0.15, -0.1) is 23.1 Å². The fourth-order valence-electron chi connectivity index (χ4n) is 2.16. The Morgan fingerprint density at radius 1 is 1.27 bits per heavy atom. The lowest BCUT2D eigenvalue weighted by Gasteiger charge is -2.03. The van der Waals surface area contributed by atoms with E-state index in [0.717, 1.165) is 10.9 Å². The van der Waals surface area contributed by atoms with Crippen molar-refractivity contribution in [2.75, 3.05) is 13.2 Å². The molecule has 0 saturated heterocycles. The minimum absolute atomic E-state index is 0.0920. The van der Waals surface area contributed by atoms with Crippen molar-refractivity contribution in [1.29, 1.82) is 0 Å². The van der Waals surface area contributed by atoms with Crippen LogP contribution < -0.4 is 5.32 Å². The molecule has 0 atom stereocenters. The summed E-state index contributed by atoms with van der Waals surface area (Å²) in [5, 5.41) is 14.5. The van der Waals surface area contributed by atoms with Gasteiger partial charge in [-0.25, -0.2) is 0 Å². The number of carbonyl (C=O) groups is 1. The summed E-state index contributed by atoms with van der Waals surface area (Å²) < 4.78 is 6.93. The molecule has 2 N–H and O–H groups in total. The summed E-state index contributed by atoms with van der Waals surface area (Å²) in [6.07, 6.45) is 0. The van der Waals surface area contributed by atoms with Crippen LogP contribution >= 0.6 is 23.1 Å². The summed E-state index contributed by atoms with van der Waals surface area (Å²) in [5.74, 6) is 0.713. The molecule has 2 heterocycles. The maximum atomic E-state index is 12.2. The Balaban J connectivity index is 1.92. The first-order valence-corrected chi connectivity index (χ1v) is 8.72. The van der Waals surface area contributed by atoms with Gasteiger partial charge in [0.2, 0.25) is 0 Å². The summed E-state index contributed by atoms with van der Waals surface area (Å²) in [6, 6.07) is 11.7. The summed E-state index contributed by atoms with van der Waals surface area (Å²) in [5.41, 5.74) is 1.60. The number of benzene rings is 1. The molecule has 0 aliphatic heterocycles. The van der Waals surface area contributed by atoms with Gasteiger partial charge in [0.15, 0.2) is 5.76 Å². The summed E-state index contributed by atoms with van der Waals surface area (Å²) >= 11 is 3.36. The predicted molar refractivity (Wildman–Crippen MR) is 89.5 cm³/mol. The Morgan fingerprint density at radius 3 is 2.91 bits per heavy atom.